The van der Waals surface area contributed by atoms with E-state index in [1.54, 1.807) is 13.0 Å². The molecule has 2 aromatic rings. The van der Waals surface area contributed by atoms with E-state index in [1.165, 1.54) is 10.8 Å². The standard InChI is InChI=1S/C17H23N5O4.CH3NO/c1-2-21-15(18)14(13(23)11-20-7-4-3-5-8-20)16(24)22(17(21)25)10-12-6-9-26-19-12;2-1-3/h6,9H,2-5,7-8,10-11,18H2,1H3;1H,(H2,2,3). The minimum Gasteiger partial charge on any atom is -0.384 e. The molecule has 0 unspecified atom stereocenters. The van der Waals surface area contributed by atoms with Crippen molar-refractivity contribution in [3.63, 3.8) is 0 Å². The zero-order valence-electron chi connectivity index (χ0n) is 16.4. The smallest absolute Gasteiger partial charge is 0.332 e. The Morgan fingerprint density at radius 2 is 1.90 bits per heavy atom. The number of nitrogens with two attached hydrogens (primary N) is 2. The van der Waals surface area contributed by atoms with E-state index in [4.69, 9.17) is 15.1 Å². The first kappa shape index (κ1) is 22.1. The lowest BCUT2D eigenvalue weighted by Crippen LogP contribution is -2.45. The molecule has 1 fully saturated rings. The number of nitrogen functional groups attached to an aromatic ring is 1. The molecule has 0 radical (unpaired) electrons. The fourth-order valence-corrected chi connectivity index (χ4v) is 3.30. The quantitative estimate of drug-likeness (QED) is 0.476. The predicted molar refractivity (Wildman–Crippen MR) is 106 cm³/mol. The Kier molecular flexibility index (Phi) is 7.89. The lowest BCUT2D eigenvalue weighted by molar-refractivity contribution is -0.106. The Bertz CT molecular complexity index is 941. The summed E-state index contributed by atoms with van der Waals surface area (Å²) in [5.74, 6) is -0.425. The Morgan fingerprint density at radius 3 is 2.45 bits per heavy atom. The summed E-state index contributed by atoms with van der Waals surface area (Å²) in [4.78, 5) is 48.9. The minimum atomic E-state index is -0.679. The first-order chi connectivity index (χ1) is 13.9. The van der Waals surface area contributed by atoms with E-state index in [9.17, 15) is 14.4 Å². The van der Waals surface area contributed by atoms with Gasteiger partial charge in [0.15, 0.2) is 5.78 Å². The van der Waals surface area contributed by atoms with E-state index in [1.807, 2.05) is 4.90 Å². The molecule has 3 rings (SSSR count). The van der Waals surface area contributed by atoms with Crippen LogP contribution in [0.4, 0.5) is 5.82 Å². The SMILES string of the molecule is CCn1c(N)c(C(=O)CN2CCCCC2)c(=O)n(Cc2ccon2)c1=O.NC=O. The van der Waals surface area contributed by atoms with E-state index in [0.717, 1.165) is 36.9 Å². The van der Waals surface area contributed by atoms with Crippen molar-refractivity contribution in [3.05, 3.63) is 44.4 Å². The van der Waals surface area contributed by atoms with E-state index in [2.05, 4.69) is 10.9 Å². The fourth-order valence-electron chi connectivity index (χ4n) is 3.30. The molecule has 0 atom stereocenters. The summed E-state index contributed by atoms with van der Waals surface area (Å²) in [6.07, 6.45) is 4.83. The van der Waals surface area contributed by atoms with Crippen molar-refractivity contribution in [1.29, 1.82) is 0 Å². The zero-order chi connectivity index (χ0) is 21.4. The van der Waals surface area contributed by atoms with Crippen molar-refractivity contribution in [2.75, 3.05) is 25.4 Å². The number of carbonyl (C=O) groups excluding carboxylic acids is 2. The molecule has 4 N–H and O–H groups in total. The van der Waals surface area contributed by atoms with Gasteiger partial charge in [-0.1, -0.05) is 11.6 Å². The van der Waals surface area contributed by atoms with Gasteiger partial charge >= 0.3 is 5.69 Å². The Balaban J connectivity index is 0.000000941. The van der Waals surface area contributed by atoms with Gasteiger partial charge in [-0.15, -0.1) is 0 Å². The van der Waals surface area contributed by atoms with E-state index >= 15 is 0 Å². The monoisotopic (exact) mass is 406 g/mol. The van der Waals surface area contributed by atoms with Crippen LogP contribution in [0.15, 0.2) is 26.4 Å². The Hall–Kier alpha value is -3.21. The first-order valence-corrected chi connectivity index (χ1v) is 9.37. The molecule has 11 heteroatoms. The number of ketones is 1. The number of amides is 1. The van der Waals surface area contributed by atoms with Gasteiger partial charge in [0, 0.05) is 12.6 Å². The van der Waals surface area contributed by atoms with Gasteiger partial charge in [-0.3, -0.25) is 28.4 Å². The number of nitrogens with zero attached hydrogens (tertiary/aromatic N) is 4. The van der Waals surface area contributed by atoms with Crippen LogP contribution in [-0.4, -0.2) is 51.0 Å². The molecule has 0 spiro atoms. The molecule has 0 aromatic carbocycles. The van der Waals surface area contributed by atoms with Crippen molar-refractivity contribution < 1.29 is 14.1 Å². The molecule has 2 aromatic heterocycles. The number of carbonyl (C=O) groups is 2. The summed E-state index contributed by atoms with van der Waals surface area (Å²) in [7, 11) is 0. The minimum absolute atomic E-state index is 0.0686. The van der Waals surface area contributed by atoms with Crippen LogP contribution in [0.25, 0.3) is 0 Å². The van der Waals surface area contributed by atoms with Crippen LogP contribution in [0.2, 0.25) is 0 Å². The molecular formula is C18H26N6O5. The average molecular weight is 406 g/mol. The molecule has 11 nitrogen and oxygen atoms in total. The summed E-state index contributed by atoms with van der Waals surface area (Å²) >= 11 is 0. The molecule has 1 aliphatic rings. The van der Waals surface area contributed by atoms with Gasteiger partial charge < -0.3 is 16.0 Å². The van der Waals surface area contributed by atoms with Crippen LogP contribution in [0.3, 0.4) is 0 Å². The molecule has 1 aliphatic heterocycles. The highest BCUT2D eigenvalue weighted by atomic mass is 16.5. The summed E-state index contributed by atoms with van der Waals surface area (Å²) in [5.41, 5.74) is 9.24. The molecule has 1 amide bonds. The third-order valence-electron chi connectivity index (χ3n) is 4.69. The van der Waals surface area contributed by atoms with Gasteiger partial charge in [0.1, 0.15) is 23.3 Å². The number of hydrogen-bond donors (Lipinski definition) is 2. The fraction of sp³-hybridized carbons (Fsp3) is 0.500. The zero-order valence-corrected chi connectivity index (χ0v) is 16.4. The lowest BCUT2D eigenvalue weighted by Gasteiger charge is -2.25. The van der Waals surface area contributed by atoms with E-state index in [-0.39, 0.29) is 43.2 Å². The van der Waals surface area contributed by atoms with Crippen LogP contribution >= 0.6 is 0 Å². The van der Waals surface area contributed by atoms with E-state index in [0.29, 0.717) is 5.69 Å². The van der Waals surface area contributed by atoms with Crippen LogP contribution < -0.4 is 22.7 Å². The number of Topliss-reactive ketones (excluding diaryl/α,β-unsaturated/α-hetero) is 1. The topological polar surface area (TPSA) is 159 Å². The number of piperidine rings is 1. The number of anilines is 1. The van der Waals surface area contributed by atoms with Gasteiger partial charge in [-0.05, 0) is 32.9 Å². The summed E-state index contributed by atoms with van der Waals surface area (Å²) in [5, 5.41) is 3.73. The van der Waals surface area contributed by atoms with E-state index < -0.39 is 11.2 Å². The normalized spacial score (nSPS) is 14.1. The second-order valence-corrected chi connectivity index (χ2v) is 6.57. The number of primary amides is 1. The maximum Gasteiger partial charge on any atom is 0.332 e. The third kappa shape index (κ3) is 5.19. The molecule has 1 saturated heterocycles. The average Bonchev–Trinajstić information content (AvgIpc) is 3.20. The highest BCUT2D eigenvalue weighted by Gasteiger charge is 2.24. The highest BCUT2D eigenvalue weighted by molar-refractivity contribution is 6.01. The molecule has 3 heterocycles. The predicted octanol–water partition coefficient (Wildman–Crippen LogP) is -0.581. The largest absolute Gasteiger partial charge is 0.384 e. The van der Waals surface area contributed by atoms with Gasteiger partial charge in [-0.25, -0.2) is 4.79 Å². The van der Waals surface area contributed by atoms with Crippen molar-refractivity contribution in [3.8, 4) is 0 Å². The third-order valence-corrected chi connectivity index (χ3v) is 4.69. The molecule has 0 saturated carbocycles. The maximum absolute atomic E-state index is 12.9. The summed E-state index contributed by atoms with van der Waals surface area (Å²) in [6, 6.07) is 1.56. The maximum atomic E-state index is 12.9. The summed E-state index contributed by atoms with van der Waals surface area (Å²) < 4.78 is 6.98. The Labute approximate surface area is 166 Å². The molecular weight excluding hydrogens is 380 g/mol. The van der Waals surface area contributed by atoms with Gasteiger partial charge in [0.2, 0.25) is 6.41 Å². The van der Waals surface area contributed by atoms with Crippen molar-refractivity contribution in [2.24, 2.45) is 5.73 Å². The van der Waals surface area contributed by atoms with Crippen LogP contribution in [0, 0.1) is 0 Å². The highest BCUT2D eigenvalue weighted by Crippen LogP contribution is 2.12. The number of aromatic nitrogens is 3. The van der Waals surface area contributed by atoms with Crippen LogP contribution in [0.1, 0.15) is 42.2 Å². The van der Waals surface area contributed by atoms with Crippen LogP contribution in [-0.2, 0) is 17.9 Å². The second-order valence-electron chi connectivity index (χ2n) is 6.57. The number of hydrogen-bond acceptors (Lipinski definition) is 8. The van der Waals surface area contributed by atoms with Gasteiger partial charge in [-0.2, -0.15) is 0 Å². The molecule has 29 heavy (non-hydrogen) atoms. The van der Waals surface area contributed by atoms with Crippen LogP contribution in [0.5, 0.6) is 0 Å². The number of rotatable bonds is 6. The lowest BCUT2D eigenvalue weighted by atomic mass is 10.1. The number of likely N-dealkylation sites (tertiary alicyclic amines) is 1. The van der Waals surface area contributed by atoms with Crippen molar-refractivity contribution >= 4 is 18.0 Å². The summed E-state index contributed by atoms with van der Waals surface area (Å²) in [6.45, 7) is 3.71. The second kappa shape index (κ2) is 10.4. The molecule has 0 aliphatic carbocycles. The van der Waals surface area contributed by atoms with Crippen molar-refractivity contribution in [2.45, 2.75) is 39.3 Å². The van der Waals surface area contributed by atoms with Crippen molar-refractivity contribution in [1.82, 2.24) is 19.2 Å². The Morgan fingerprint density at radius 1 is 1.24 bits per heavy atom. The molecule has 0 bridgehead atoms. The molecule has 158 valence electrons. The first-order valence-electron chi connectivity index (χ1n) is 9.37. The van der Waals surface area contributed by atoms with Gasteiger partial charge in [0.25, 0.3) is 5.56 Å². The van der Waals surface area contributed by atoms with Gasteiger partial charge in [0.05, 0.1) is 13.1 Å².